The molecule has 0 radical (unpaired) electrons. The van der Waals surface area contributed by atoms with Gasteiger partial charge in [-0.15, -0.1) is 0 Å². The van der Waals surface area contributed by atoms with Crippen molar-refractivity contribution in [1.29, 1.82) is 0 Å². The first-order valence-corrected chi connectivity index (χ1v) is 6.65. The highest BCUT2D eigenvalue weighted by Crippen LogP contribution is 2.37. The number of β-amino-alcohol motifs (C(OH)–C–C–N with tert-alkyl or cyclic N) is 1. The van der Waals surface area contributed by atoms with Gasteiger partial charge >= 0.3 is 6.18 Å². The predicted molar refractivity (Wildman–Crippen MR) is 68.8 cm³/mol. The van der Waals surface area contributed by atoms with Crippen molar-refractivity contribution in [1.82, 2.24) is 14.7 Å². The molecule has 2 rings (SSSR count). The summed E-state index contributed by atoms with van der Waals surface area (Å²) in [6.45, 7) is 2.79. The molecule has 1 amide bonds. The summed E-state index contributed by atoms with van der Waals surface area (Å²) in [5, 5.41) is 13.9. The van der Waals surface area contributed by atoms with Crippen LogP contribution in [0.1, 0.15) is 34.6 Å². The number of aryl methyl sites for hydroxylation is 2. The smallest absolute Gasteiger partial charge is 0.379 e. The SMILES string of the molecule is Cc1nn(C)c(C)c1C(=O)N1CCC[C@@](O)(C(F)(F)F)C1. The van der Waals surface area contributed by atoms with Gasteiger partial charge in [0.2, 0.25) is 0 Å². The number of aliphatic hydroxyl groups is 1. The Bertz CT molecular complexity index is 568. The lowest BCUT2D eigenvalue weighted by atomic mass is 9.91. The van der Waals surface area contributed by atoms with Gasteiger partial charge in [-0.3, -0.25) is 9.48 Å². The minimum atomic E-state index is -4.75. The van der Waals surface area contributed by atoms with Crippen LogP contribution in [-0.2, 0) is 7.05 Å². The molecule has 118 valence electrons. The molecule has 0 aliphatic carbocycles. The summed E-state index contributed by atoms with van der Waals surface area (Å²) >= 11 is 0. The minimum absolute atomic E-state index is 0.111. The Kier molecular flexibility index (Phi) is 3.77. The summed E-state index contributed by atoms with van der Waals surface area (Å²) < 4.78 is 40.3. The van der Waals surface area contributed by atoms with Crippen molar-refractivity contribution in [3.8, 4) is 0 Å². The summed E-state index contributed by atoms with van der Waals surface area (Å²) in [7, 11) is 1.67. The zero-order valence-corrected chi connectivity index (χ0v) is 12.2. The number of aromatic nitrogens is 2. The molecule has 0 bridgehead atoms. The van der Waals surface area contributed by atoms with Gasteiger partial charge in [-0.25, -0.2) is 0 Å². The second kappa shape index (κ2) is 5.01. The van der Waals surface area contributed by atoms with Crippen LogP contribution < -0.4 is 0 Å². The lowest BCUT2D eigenvalue weighted by Crippen LogP contribution is -2.58. The number of hydrogen-bond acceptors (Lipinski definition) is 3. The van der Waals surface area contributed by atoms with E-state index in [9.17, 15) is 23.1 Å². The predicted octanol–water partition coefficient (Wildman–Crippen LogP) is 1.57. The number of piperidine rings is 1. The van der Waals surface area contributed by atoms with Crippen LogP contribution in [0.3, 0.4) is 0 Å². The van der Waals surface area contributed by atoms with Crippen LogP contribution in [0.2, 0.25) is 0 Å². The summed E-state index contributed by atoms with van der Waals surface area (Å²) in [4.78, 5) is 13.5. The zero-order chi connectivity index (χ0) is 16.0. The van der Waals surface area contributed by atoms with Gasteiger partial charge in [0, 0.05) is 19.3 Å². The fourth-order valence-corrected chi connectivity index (χ4v) is 2.68. The number of amides is 1. The van der Waals surface area contributed by atoms with Crippen molar-refractivity contribution in [2.24, 2.45) is 7.05 Å². The first-order chi connectivity index (χ1) is 9.57. The number of carbonyl (C=O) groups excluding carboxylic acids is 1. The van der Waals surface area contributed by atoms with Gasteiger partial charge in [-0.05, 0) is 26.7 Å². The average molecular weight is 305 g/mol. The topological polar surface area (TPSA) is 58.4 Å². The largest absolute Gasteiger partial charge is 0.418 e. The molecule has 0 unspecified atom stereocenters. The quantitative estimate of drug-likeness (QED) is 0.857. The third kappa shape index (κ3) is 2.64. The van der Waals surface area contributed by atoms with E-state index in [1.165, 1.54) is 4.68 Å². The van der Waals surface area contributed by atoms with E-state index in [0.29, 0.717) is 17.0 Å². The van der Waals surface area contributed by atoms with Gasteiger partial charge in [0.1, 0.15) is 0 Å². The number of nitrogens with zero attached hydrogens (tertiary/aromatic N) is 3. The maximum atomic E-state index is 12.9. The van der Waals surface area contributed by atoms with Gasteiger partial charge in [0.15, 0.2) is 5.60 Å². The van der Waals surface area contributed by atoms with Gasteiger partial charge in [0.25, 0.3) is 5.91 Å². The molecule has 1 N–H and O–H groups in total. The van der Waals surface area contributed by atoms with Crippen molar-refractivity contribution in [3.05, 3.63) is 17.0 Å². The molecular formula is C13H18F3N3O2. The van der Waals surface area contributed by atoms with Crippen molar-refractivity contribution in [2.75, 3.05) is 13.1 Å². The van der Waals surface area contributed by atoms with Crippen LogP contribution in [0.5, 0.6) is 0 Å². The maximum Gasteiger partial charge on any atom is 0.418 e. The second-order valence-corrected chi connectivity index (χ2v) is 5.53. The fraction of sp³-hybridized carbons (Fsp3) is 0.692. The van der Waals surface area contributed by atoms with E-state index in [2.05, 4.69) is 5.10 Å². The molecule has 1 saturated heterocycles. The normalized spacial score (nSPS) is 23.5. The molecule has 21 heavy (non-hydrogen) atoms. The monoisotopic (exact) mass is 305 g/mol. The van der Waals surface area contributed by atoms with Crippen LogP contribution in [0.25, 0.3) is 0 Å². The molecule has 1 aromatic heterocycles. The molecule has 8 heteroatoms. The Morgan fingerprint density at radius 2 is 2.00 bits per heavy atom. The summed E-state index contributed by atoms with van der Waals surface area (Å²) in [6.07, 6.45) is -5.02. The molecule has 0 aromatic carbocycles. The number of hydrogen-bond donors (Lipinski definition) is 1. The van der Waals surface area contributed by atoms with Crippen molar-refractivity contribution < 1.29 is 23.1 Å². The zero-order valence-electron chi connectivity index (χ0n) is 12.2. The van der Waals surface area contributed by atoms with Gasteiger partial charge in [-0.1, -0.05) is 0 Å². The van der Waals surface area contributed by atoms with E-state index in [1.54, 1.807) is 20.9 Å². The Balaban J connectivity index is 2.28. The van der Waals surface area contributed by atoms with E-state index < -0.39 is 24.2 Å². The maximum absolute atomic E-state index is 12.9. The molecule has 1 aliphatic rings. The molecule has 0 saturated carbocycles. The number of rotatable bonds is 1. The first-order valence-electron chi connectivity index (χ1n) is 6.65. The number of likely N-dealkylation sites (tertiary alicyclic amines) is 1. The fourth-order valence-electron chi connectivity index (χ4n) is 2.68. The third-order valence-corrected chi connectivity index (χ3v) is 4.01. The Morgan fingerprint density at radius 1 is 1.38 bits per heavy atom. The molecule has 1 fully saturated rings. The highest BCUT2D eigenvalue weighted by Gasteiger charge is 2.56. The number of carbonyl (C=O) groups is 1. The summed E-state index contributed by atoms with van der Waals surface area (Å²) in [5.41, 5.74) is -1.45. The summed E-state index contributed by atoms with van der Waals surface area (Å²) in [6, 6.07) is 0. The van der Waals surface area contributed by atoms with Crippen LogP contribution >= 0.6 is 0 Å². The van der Waals surface area contributed by atoms with Crippen LogP contribution in [-0.4, -0.2) is 50.6 Å². The van der Waals surface area contributed by atoms with Gasteiger partial charge in [-0.2, -0.15) is 18.3 Å². The molecule has 1 aromatic rings. The number of alkyl halides is 3. The summed E-state index contributed by atoms with van der Waals surface area (Å²) in [5.74, 6) is -0.513. The van der Waals surface area contributed by atoms with E-state index in [0.717, 1.165) is 4.90 Å². The van der Waals surface area contributed by atoms with E-state index in [-0.39, 0.29) is 19.4 Å². The molecule has 0 spiro atoms. The van der Waals surface area contributed by atoms with Crippen LogP contribution in [0, 0.1) is 13.8 Å². The molecular weight excluding hydrogens is 287 g/mol. The van der Waals surface area contributed by atoms with E-state index in [4.69, 9.17) is 0 Å². The lowest BCUT2D eigenvalue weighted by Gasteiger charge is -2.40. The molecule has 2 heterocycles. The van der Waals surface area contributed by atoms with Crippen LogP contribution in [0.4, 0.5) is 13.2 Å². The Morgan fingerprint density at radius 3 is 2.48 bits per heavy atom. The first kappa shape index (κ1) is 15.8. The highest BCUT2D eigenvalue weighted by atomic mass is 19.4. The Labute approximate surface area is 120 Å². The molecule has 1 atom stereocenters. The minimum Gasteiger partial charge on any atom is -0.379 e. The Hall–Kier alpha value is -1.57. The van der Waals surface area contributed by atoms with Crippen molar-refractivity contribution in [2.45, 2.75) is 38.5 Å². The standard InChI is InChI=1S/C13H18F3N3O2/c1-8-10(9(2)18(3)17-8)11(20)19-6-4-5-12(21,7-19)13(14,15)16/h21H,4-7H2,1-3H3/t12-/m0/s1. The van der Waals surface area contributed by atoms with Crippen molar-refractivity contribution in [3.63, 3.8) is 0 Å². The number of halogens is 3. The average Bonchev–Trinajstić information content (AvgIpc) is 2.61. The second-order valence-electron chi connectivity index (χ2n) is 5.53. The third-order valence-electron chi connectivity index (χ3n) is 4.01. The highest BCUT2D eigenvalue weighted by molar-refractivity contribution is 5.96. The van der Waals surface area contributed by atoms with E-state index >= 15 is 0 Å². The van der Waals surface area contributed by atoms with Gasteiger partial charge in [0.05, 0.1) is 17.8 Å². The van der Waals surface area contributed by atoms with E-state index in [1.807, 2.05) is 0 Å². The lowest BCUT2D eigenvalue weighted by molar-refractivity contribution is -0.271. The van der Waals surface area contributed by atoms with Gasteiger partial charge < -0.3 is 10.0 Å². The van der Waals surface area contributed by atoms with Crippen molar-refractivity contribution >= 4 is 5.91 Å². The molecule has 1 aliphatic heterocycles. The molecule has 5 nitrogen and oxygen atoms in total. The van der Waals surface area contributed by atoms with Crippen LogP contribution in [0.15, 0.2) is 0 Å².